The second-order valence-corrected chi connectivity index (χ2v) is 13.0. The molecule has 0 saturated carbocycles. The molecule has 48 heavy (non-hydrogen) atoms. The van der Waals surface area contributed by atoms with E-state index in [0.29, 0.717) is 35.5 Å². The zero-order valence-corrected chi connectivity index (χ0v) is 28.2. The highest BCUT2D eigenvalue weighted by Crippen LogP contribution is 2.39. The second-order valence-electron chi connectivity index (χ2n) is 13.0. The molecular weight excluding hydrogens is 608 g/mol. The van der Waals surface area contributed by atoms with E-state index in [1.807, 2.05) is 48.4 Å². The number of carbonyl (C=O) groups excluding carboxylic acids is 2. The summed E-state index contributed by atoms with van der Waals surface area (Å²) in [4.78, 5) is 41.3. The maximum absolute atomic E-state index is 13.6. The predicted molar refractivity (Wildman–Crippen MR) is 183 cm³/mol. The molecule has 3 aliphatic heterocycles. The van der Waals surface area contributed by atoms with Crippen molar-refractivity contribution in [2.24, 2.45) is 14.1 Å². The van der Waals surface area contributed by atoms with Gasteiger partial charge < -0.3 is 29.6 Å². The minimum absolute atomic E-state index is 0.0562. The topological polar surface area (TPSA) is 130 Å². The number of para-hydroxylation sites is 1. The summed E-state index contributed by atoms with van der Waals surface area (Å²) in [5.41, 5.74) is 7.03. The van der Waals surface area contributed by atoms with Crippen LogP contribution in [0.3, 0.4) is 0 Å². The standard InChI is InChI=1S/C36H44N8O4/c1-5-43-16-12-30-28(20-43)37-33(41(30)3)35(46)39-26-10-6-8-24(22(26)2)25-9-7-11-27(32(25)45)40-36(47)34-38-29-21-44(17-13-31(29)42(34)4)23-14-18-48-19-15-23/h6-11,23,45H,5,12-21H2,1-4H3,(H,39,46)(H,40,47). The van der Waals surface area contributed by atoms with Crippen molar-refractivity contribution in [1.29, 1.82) is 0 Å². The SMILES string of the molecule is CCN1CCc2c(nc(C(=O)Nc3cccc(-c4cccc(NC(=O)c5nc6c(n5C)CCN(C5CCOCC5)C6)c4O)c3C)n2C)C1. The average molecular weight is 653 g/mol. The third kappa shape index (κ3) is 5.88. The van der Waals surface area contributed by atoms with Gasteiger partial charge in [-0.15, -0.1) is 0 Å². The van der Waals surface area contributed by atoms with Crippen LogP contribution >= 0.6 is 0 Å². The highest BCUT2D eigenvalue weighted by atomic mass is 16.5. The van der Waals surface area contributed by atoms with E-state index in [-0.39, 0.29) is 23.3 Å². The first-order valence-corrected chi connectivity index (χ1v) is 16.9. The zero-order valence-electron chi connectivity index (χ0n) is 28.2. The largest absolute Gasteiger partial charge is 0.505 e. The highest BCUT2D eigenvalue weighted by Gasteiger charge is 2.30. The fourth-order valence-corrected chi connectivity index (χ4v) is 7.45. The number of likely N-dealkylation sites (N-methyl/N-ethyl adjacent to an activating group) is 1. The van der Waals surface area contributed by atoms with Gasteiger partial charge in [-0.2, -0.15) is 0 Å². The van der Waals surface area contributed by atoms with Crippen LogP contribution in [0.15, 0.2) is 36.4 Å². The van der Waals surface area contributed by atoms with Crippen LogP contribution in [0, 0.1) is 6.92 Å². The van der Waals surface area contributed by atoms with Gasteiger partial charge in [0.1, 0.15) is 5.75 Å². The number of amides is 2. The molecule has 12 heteroatoms. The molecule has 1 saturated heterocycles. The van der Waals surface area contributed by atoms with E-state index in [0.717, 1.165) is 99.0 Å². The predicted octanol–water partition coefficient (Wildman–Crippen LogP) is 4.25. The first-order chi connectivity index (χ1) is 23.2. The maximum Gasteiger partial charge on any atom is 0.291 e. The Morgan fingerprint density at radius 2 is 1.44 bits per heavy atom. The summed E-state index contributed by atoms with van der Waals surface area (Å²) < 4.78 is 9.32. The molecule has 1 fully saturated rings. The number of phenols is 1. The van der Waals surface area contributed by atoms with E-state index in [9.17, 15) is 14.7 Å². The Kier molecular flexibility index (Phi) is 8.80. The number of nitrogens with zero attached hydrogens (tertiary/aromatic N) is 6. The summed E-state index contributed by atoms with van der Waals surface area (Å²) in [6.07, 6.45) is 3.72. The Hall–Kier alpha value is -4.52. The van der Waals surface area contributed by atoms with E-state index < -0.39 is 0 Å². The summed E-state index contributed by atoms with van der Waals surface area (Å²) in [6, 6.07) is 11.3. The van der Waals surface area contributed by atoms with Gasteiger partial charge in [0.15, 0.2) is 11.6 Å². The third-order valence-corrected chi connectivity index (χ3v) is 10.3. The number of hydrogen-bond acceptors (Lipinski definition) is 8. The minimum atomic E-state index is -0.380. The number of aromatic nitrogens is 4. The molecule has 0 radical (unpaired) electrons. The van der Waals surface area contributed by atoms with Crippen molar-refractivity contribution in [1.82, 2.24) is 28.9 Å². The fourth-order valence-electron chi connectivity index (χ4n) is 7.45. The van der Waals surface area contributed by atoms with Gasteiger partial charge in [-0.3, -0.25) is 19.4 Å². The molecule has 2 aromatic heterocycles. The van der Waals surface area contributed by atoms with Crippen LogP contribution in [-0.4, -0.2) is 84.7 Å². The number of rotatable bonds is 7. The Labute approximate surface area is 280 Å². The van der Waals surface area contributed by atoms with Crippen LogP contribution in [0.5, 0.6) is 5.75 Å². The van der Waals surface area contributed by atoms with Crippen molar-refractivity contribution in [3.63, 3.8) is 0 Å². The van der Waals surface area contributed by atoms with Crippen molar-refractivity contribution in [3.05, 3.63) is 76.4 Å². The number of nitrogens with one attached hydrogen (secondary N) is 2. The molecule has 0 spiro atoms. The molecule has 5 heterocycles. The smallest absolute Gasteiger partial charge is 0.291 e. The van der Waals surface area contributed by atoms with Crippen LogP contribution in [0.2, 0.25) is 0 Å². The number of anilines is 2. The van der Waals surface area contributed by atoms with Gasteiger partial charge in [-0.05, 0) is 49.6 Å². The van der Waals surface area contributed by atoms with Crippen LogP contribution in [-0.2, 0) is 44.8 Å². The van der Waals surface area contributed by atoms with E-state index in [4.69, 9.17) is 14.7 Å². The Balaban J connectivity index is 1.09. The molecule has 0 atom stereocenters. The quantitative estimate of drug-likeness (QED) is 0.253. The van der Waals surface area contributed by atoms with Crippen LogP contribution in [0.4, 0.5) is 11.4 Å². The van der Waals surface area contributed by atoms with E-state index in [1.54, 1.807) is 18.2 Å². The summed E-state index contributed by atoms with van der Waals surface area (Å²) in [5.74, 6) is -0.0246. The van der Waals surface area contributed by atoms with Crippen molar-refractivity contribution in [3.8, 4) is 16.9 Å². The summed E-state index contributed by atoms with van der Waals surface area (Å²) in [7, 11) is 3.77. The lowest BCUT2D eigenvalue weighted by molar-refractivity contribution is 0.0283. The lowest BCUT2D eigenvalue weighted by Gasteiger charge is -2.36. The fraction of sp³-hybridized carbons (Fsp3) is 0.444. The summed E-state index contributed by atoms with van der Waals surface area (Å²) in [5, 5.41) is 17.4. The molecule has 3 N–H and O–H groups in total. The van der Waals surface area contributed by atoms with Gasteiger partial charge in [0.25, 0.3) is 11.8 Å². The number of benzene rings is 2. The number of hydrogen-bond donors (Lipinski definition) is 3. The monoisotopic (exact) mass is 652 g/mol. The normalized spacial score (nSPS) is 17.2. The van der Waals surface area contributed by atoms with E-state index >= 15 is 0 Å². The molecule has 0 aliphatic carbocycles. The molecular formula is C36H44N8O4. The van der Waals surface area contributed by atoms with Crippen LogP contribution in [0.1, 0.15) is 69.3 Å². The number of phenolic OH excluding ortho intramolecular Hbond substituents is 1. The van der Waals surface area contributed by atoms with E-state index in [2.05, 4.69) is 27.4 Å². The molecule has 12 nitrogen and oxygen atoms in total. The Morgan fingerprint density at radius 1 is 0.854 bits per heavy atom. The molecule has 3 aliphatic rings. The van der Waals surface area contributed by atoms with Gasteiger partial charge in [-0.1, -0.05) is 31.2 Å². The average Bonchev–Trinajstić information content (AvgIpc) is 3.62. The lowest BCUT2D eigenvalue weighted by Crippen LogP contribution is -2.42. The molecule has 252 valence electrons. The number of imidazole rings is 2. The number of fused-ring (bicyclic) bond motifs is 2. The van der Waals surface area contributed by atoms with Gasteiger partial charge >= 0.3 is 0 Å². The van der Waals surface area contributed by atoms with Crippen molar-refractivity contribution in [2.45, 2.75) is 58.7 Å². The Morgan fingerprint density at radius 3 is 2.10 bits per heavy atom. The maximum atomic E-state index is 13.6. The molecule has 0 bridgehead atoms. The number of carbonyl (C=O) groups is 2. The minimum Gasteiger partial charge on any atom is -0.505 e. The van der Waals surface area contributed by atoms with Crippen molar-refractivity contribution < 1.29 is 19.4 Å². The molecule has 2 amide bonds. The van der Waals surface area contributed by atoms with Gasteiger partial charge in [0.2, 0.25) is 0 Å². The first-order valence-electron chi connectivity index (χ1n) is 16.9. The lowest BCUT2D eigenvalue weighted by atomic mass is 9.97. The highest BCUT2D eigenvalue weighted by molar-refractivity contribution is 6.05. The Bertz CT molecular complexity index is 1870. The van der Waals surface area contributed by atoms with Crippen molar-refractivity contribution in [2.75, 3.05) is 43.5 Å². The van der Waals surface area contributed by atoms with Gasteiger partial charge in [-0.25, -0.2) is 9.97 Å². The third-order valence-electron chi connectivity index (χ3n) is 10.3. The molecule has 2 aromatic carbocycles. The summed E-state index contributed by atoms with van der Waals surface area (Å²) in [6.45, 7) is 9.90. The molecule has 7 rings (SSSR count). The molecule has 4 aromatic rings. The van der Waals surface area contributed by atoms with Crippen LogP contribution in [0.25, 0.3) is 11.1 Å². The van der Waals surface area contributed by atoms with Gasteiger partial charge in [0.05, 0.1) is 17.1 Å². The van der Waals surface area contributed by atoms with Crippen molar-refractivity contribution >= 4 is 23.2 Å². The second kappa shape index (κ2) is 13.2. The van der Waals surface area contributed by atoms with E-state index in [1.165, 1.54) is 0 Å². The first kappa shape index (κ1) is 32.0. The zero-order chi connectivity index (χ0) is 33.5. The summed E-state index contributed by atoms with van der Waals surface area (Å²) >= 11 is 0. The number of aromatic hydroxyl groups is 1. The molecule has 0 unspecified atom stereocenters. The van der Waals surface area contributed by atoms with Gasteiger partial charge in [0, 0.05) is 95.0 Å². The van der Waals surface area contributed by atoms with Crippen LogP contribution < -0.4 is 10.6 Å². The number of ether oxygens (including phenoxy) is 1.